The molecule has 15 heteroatoms. The summed E-state index contributed by atoms with van der Waals surface area (Å²) in [6.45, 7) is 3.79. The molecule has 4 aromatic rings. The number of ether oxygens (including phenoxy) is 1. The van der Waals surface area contributed by atoms with Crippen molar-refractivity contribution >= 4 is 46.6 Å². The van der Waals surface area contributed by atoms with Crippen molar-refractivity contribution < 1.29 is 19.1 Å². The van der Waals surface area contributed by atoms with E-state index in [0.717, 1.165) is 42.8 Å². The van der Waals surface area contributed by atoms with Crippen molar-refractivity contribution in [1.29, 1.82) is 0 Å². The van der Waals surface area contributed by atoms with Crippen LogP contribution < -0.4 is 26.0 Å². The molecule has 13 nitrogen and oxygen atoms in total. The second-order valence-corrected chi connectivity index (χ2v) is 14.1. The maximum atomic E-state index is 13.6. The number of nitrogens with zero attached hydrogens (tertiary/aromatic N) is 5. The topological polar surface area (TPSA) is 155 Å². The number of pyridine rings is 2. The summed E-state index contributed by atoms with van der Waals surface area (Å²) in [4.78, 5) is 54.2. The average Bonchev–Trinajstić information content (AvgIpc) is 3.74. The Morgan fingerprint density at radius 1 is 1.06 bits per heavy atom. The van der Waals surface area contributed by atoms with Gasteiger partial charge in [-0.25, -0.2) is 9.97 Å². The van der Waals surface area contributed by atoms with E-state index < -0.39 is 5.91 Å². The molecule has 2 atom stereocenters. The van der Waals surface area contributed by atoms with Gasteiger partial charge in [-0.2, -0.15) is 0 Å². The van der Waals surface area contributed by atoms with Gasteiger partial charge in [0.1, 0.15) is 0 Å². The van der Waals surface area contributed by atoms with E-state index in [1.165, 1.54) is 0 Å². The molecule has 272 valence electrons. The highest BCUT2D eigenvalue weighted by Crippen LogP contribution is 2.40. The third-order valence-corrected chi connectivity index (χ3v) is 10.8. The summed E-state index contributed by atoms with van der Waals surface area (Å²) in [5.74, 6) is 0.474. The Kier molecular flexibility index (Phi) is 10.7. The molecule has 4 N–H and O–H groups in total. The number of methoxy groups -OCH3 is 1. The first-order chi connectivity index (χ1) is 25.2. The van der Waals surface area contributed by atoms with Crippen LogP contribution in [0.5, 0.6) is 5.88 Å². The molecular weight excluding hydrogens is 705 g/mol. The summed E-state index contributed by atoms with van der Waals surface area (Å²) in [6, 6.07) is 11.0. The van der Waals surface area contributed by atoms with Gasteiger partial charge in [-0.3, -0.25) is 19.4 Å². The predicted molar refractivity (Wildman–Crippen MR) is 198 cm³/mol. The molecule has 0 aliphatic carbocycles. The van der Waals surface area contributed by atoms with Crippen LogP contribution in [0.3, 0.4) is 0 Å². The van der Waals surface area contributed by atoms with E-state index >= 15 is 0 Å². The number of hydrogen-bond acceptors (Lipinski definition) is 9. The van der Waals surface area contributed by atoms with Gasteiger partial charge in [0.15, 0.2) is 5.82 Å². The quantitative estimate of drug-likeness (QED) is 0.185. The summed E-state index contributed by atoms with van der Waals surface area (Å²) < 4.78 is 7.42. The van der Waals surface area contributed by atoms with Crippen molar-refractivity contribution in [3.05, 3.63) is 75.4 Å². The highest BCUT2D eigenvalue weighted by molar-refractivity contribution is 6.39. The zero-order valence-electron chi connectivity index (χ0n) is 29.1. The number of imidazole rings is 1. The van der Waals surface area contributed by atoms with E-state index in [9.17, 15) is 14.4 Å². The molecule has 3 aromatic heterocycles. The first kappa shape index (κ1) is 35.8. The Morgan fingerprint density at radius 3 is 2.69 bits per heavy atom. The number of amides is 3. The van der Waals surface area contributed by atoms with Crippen LogP contribution in [0.2, 0.25) is 10.0 Å². The van der Waals surface area contributed by atoms with Crippen LogP contribution in [0.25, 0.3) is 22.5 Å². The lowest BCUT2D eigenvalue weighted by Crippen LogP contribution is -2.45. The summed E-state index contributed by atoms with van der Waals surface area (Å²) in [6.07, 6.45) is 5.50. The number of hydrogen-bond donors (Lipinski definition) is 4. The number of piperidine rings is 1. The lowest BCUT2D eigenvalue weighted by atomic mass is 9.97. The van der Waals surface area contributed by atoms with Crippen molar-refractivity contribution in [3.8, 4) is 28.4 Å². The molecule has 2 fully saturated rings. The van der Waals surface area contributed by atoms with E-state index in [1.54, 1.807) is 42.1 Å². The molecule has 0 spiro atoms. The van der Waals surface area contributed by atoms with Crippen LogP contribution in [-0.4, -0.2) is 81.5 Å². The highest BCUT2D eigenvalue weighted by Gasteiger charge is 2.32. The Hall–Kier alpha value is -4.56. The van der Waals surface area contributed by atoms with Crippen LogP contribution in [0.4, 0.5) is 5.69 Å². The maximum absolute atomic E-state index is 13.6. The molecule has 3 aliphatic rings. The molecule has 6 heterocycles. The van der Waals surface area contributed by atoms with E-state index in [0.29, 0.717) is 84.7 Å². The van der Waals surface area contributed by atoms with Gasteiger partial charge in [0, 0.05) is 80.7 Å². The van der Waals surface area contributed by atoms with Gasteiger partial charge in [-0.1, -0.05) is 41.4 Å². The summed E-state index contributed by atoms with van der Waals surface area (Å²) >= 11 is 13.9. The Balaban J connectivity index is 1.07. The van der Waals surface area contributed by atoms with Crippen LogP contribution in [-0.2, 0) is 36.1 Å². The minimum Gasteiger partial charge on any atom is -0.481 e. The Morgan fingerprint density at radius 2 is 1.92 bits per heavy atom. The van der Waals surface area contributed by atoms with Crippen molar-refractivity contribution in [3.63, 3.8) is 0 Å². The van der Waals surface area contributed by atoms with Crippen LogP contribution in [0.1, 0.15) is 53.3 Å². The van der Waals surface area contributed by atoms with Crippen molar-refractivity contribution in [2.24, 2.45) is 13.0 Å². The van der Waals surface area contributed by atoms with E-state index in [4.69, 9.17) is 32.9 Å². The van der Waals surface area contributed by atoms with E-state index in [1.807, 2.05) is 24.1 Å². The number of benzene rings is 1. The van der Waals surface area contributed by atoms with Crippen molar-refractivity contribution in [2.45, 2.75) is 51.2 Å². The normalized spacial score (nSPS) is 18.5. The molecule has 0 saturated carbocycles. The maximum Gasteiger partial charge on any atom is 0.291 e. The molecule has 1 aromatic carbocycles. The molecule has 2 saturated heterocycles. The Bertz CT molecular complexity index is 2010. The molecule has 52 heavy (non-hydrogen) atoms. The fraction of sp³-hybridized carbons (Fsp3) is 0.405. The SMILES string of the molecule is COc1nc(-c2ccnc(-c3cccc(NC(=O)c4nc5c(n4C)CCN(C(=O)[C@@H]4CCCNC4)C5)c3Cl)c2Cl)ccc1CNC[C@H]1CCC(=O)N1. The number of rotatable bonds is 10. The smallest absolute Gasteiger partial charge is 0.291 e. The number of nitrogens with one attached hydrogen (secondary N) is 4. The zero-order chi connectivity index (χ0) is 36.4. The number of halogens is 2. The van der Waals surface area contributed by atoms with Gasteiger partial charge >= 0.3 is 0 Å². The summed E-state index contributed by atoms with van der Waals surface area (Å²) in [5, 5.41) is 13.2. The fourth-order valence-corrected chi connectivity index (χ4v) is 7.77. The van der Waals surface area contributed by atoms with Gasteiger partial charge < -0.3 is 35.5 Å². The van der Waals surface area contributed by atoms with Crippen molar-refractivity contribution in [2.75, 3.05) is 38.6 Å². The monoisotopic (exact) mass is 745 g/mol. The van der Waals surface area contributed by atoms with Gasteiger partial charge in [0.2, 0.25) is 17.7 Å². The van der Waals surface area contributed by atoms with Gasteiger partial charge in [-0.05, 0) is 44.0 Å². The lowest BCUT2D eigenvalue weighted by Gasteiger charge is -2.32. The third-order valence-electron chi connectivity index (χ3n) is 10.0. The van der Waals surface area contributed by atoms with Gasteiger partial charge in [-0.15, -0.1) is 0 Å². The number of carbonyl (C=O) groups is 3. The predicted octanol–water partition coefficient (Wildman–Crippen LogP) is 4.36. The fourth-order valence-electron chi connectivity index (χ4n) is 7.20. The summed E-state index contributed by atoms with van der Waals surface area (Å²) in [7, 11) is 3.39. The molecule has 0 unspecified atom stereocenters. The minimum atomic E-state index is -0.419. The highest BCUT2D eigenvalue weighted by atomic mass is 35.5. The Labute approximate surface area is 311 Å². The van der Waals surface area contributed by atoms with Gasteiger partial charge in [0.05, 0.1) is 52.4 Å². The first-order valence-electron chi connectivity index (χ1n) is 17.5. The molecular formula is C37H41Cl2N9O4. The van der Waals surface area contributed by atoms with Crippen molar-refractivity contribution in [1.82, 2.24) is 40.4 Å². The molecule has 3 aliphatic heterocycles. The van der Waals surface area contributed by atoms with E-state index in [2.05, 4.69) is 31.2 Å². The van der Waals surface area contributed by atoms with E-state index in [-0.39, 0.29) is 34.6 Å². The minimum absolute atomic E-state index is 0.0217. The number of anilines is 1. The molecule has 7 rings (SSSR count). The largest absolute Gasteiger partial charge is 0.481 e. The first-order valence-corrected chi connectivity index (χ1v) is 18.3. The van der Waals surface area contributed by atoms with Gasteiger partial charge in [0.25, 0.3) is 5.91 Å². The molecule has 3 amide bonds. The second-order valence-electron chi connectivity index (χ2n) is 13.4. The van der Waals surface area contributed by atoms with Crippen LogP contribution in [0, 0.1) is 5.92 Å². The van der Waals surface area contributed by atoms with Crippen LogP contribution >= 0.6 is 23.2 Å². The number of carbonyl (C=O) groups excluding carboxylic acids is 3. The average molecular weight is 747 g/mol. The second kappa shape index (κ2) is 15.6. The lowest BCUT2D eigenvalue weighted by molar-refractivity contribution is -0.137. The van der Waals surface area contributed by atoms with Crippen LogP contribution in [0.15, 0.2) is 42.6 Å². The zero-order valence-corrected chi connectivity index (χ0v) is 30.6. The number of fused-ring (bicyclic) bond motifs is 1. The standard InChI is InChI=1S/C37H41Cl2N9O4/c1-47-29-13-16-48(37(51)22-5-4-14-40-18-22)20-28(29)44-34(47)35(50)45-27-7-3-6-25(31(27)38)33-32(39)24(12-15-42-33)26-10-8-21(36(46-26)52-2)17-41-19-23-9-11-30(49)43-23/h3,6-8,10,12,15,22-23,40-41H,4-5,9,11,13-14,16-20H2,1-2H3,(H,43,49)(H,45,50)/t22-,23-/m1/s1. The summed E-state index contributed by atoms with van der Waals surface area (Å²) in [5.41, 5.74) is 5.10. The third kappa shape index (κ3) is 7.36. The number of aromatic nitrogens is 4. The molecule has 0 radical (unpaired) electrons. The molecule has 0 bridgehead atoms.